The number of nitrogens with one attached hydrogen (secondary N) is 1. The summed E-state index contributed by atoms with van der Waals surface area (Å²) in [6, 6.07) is 8.02. The summed E-state index contributed by atoms with van der Waals surface area (Å²) in [6.07, 6.45) is -0.287. The van der Waals surface area contributed by atoms with E-state index >= 15 is 0 Å². The SMILES string of the molecule is CCOc1cccc(CNCC(O)C(C)C)c1. The van der Waals surface area contributed by atoms with Gasteiger partial charge in [0.1, 0.15) is 5.75 Å². The molecule has 1 aromatic rings. The van der Waals surface area contributed by atoms with Gasteiger partial charge in [-0.25, -0.2) is 0 Å². The standard InChI is InChI=1S/C14H23NO2/c1-4-17-13-7-5-6-12(8-13)9-15-10-14(16)11(2)3/h5-8,11,14-16H,4,9-10H2,1-3H3. The summed E-state index contributed by atoms with van der Waals surface area (Å²) < 4.78 is 5.43. The van der Waals surface area contributed by atoms with Crippen molar-refractivity contribution in [2.75, 3.05) is 13.2 Å². The molecule has 2 N–H and O–H groups in total. The van der Waals surface area contributed by atoms with E-state index in [1.54, 1.807) is 0 Å². The smallest absolute Gasteiger partial charge is 0.119 e. The van der Waals surface area contributed by atoms with Gasteiger partial charge >= 0.3 is 0 Å². The summed E-state index contributed by atoms with van der Waals surface area (Å²) in [7, 11) is 0. The third-order valence-corrected chi connectivity index (χ3v) is 2.66. The highest BCUT2D eigenvalue weighted by Crippen LogP contribution is 2.13. The molecule has 0 spiro atoms. The van der Waals surface area contributed by atoms with Crippen molar-refractivity contribution in [2.45, 2.75) is 33.4 Å². The number of hydrogen-bond donors (Lipinski definition) is 2. The van der Waals surface area contributed by atoms with Crippen molar-refractivity contribution in [3.8, 4) is 5.75 Å². The molecule has 0 bridgehead atoms. The first-order valence-corrected chi connectivity index (χ1v) is 6.24. The van der Waals surface area contributed by atoms with Crippen molar-refractivity contribution in [3.05, 3.63) is 29.8 Å². The topological polar surface area (TPSA) is 41.5 Å². The Morgan fingerprint density at radius 1 is 1.35 bits per heavy atom. The lowest BCUT2D eigenvalue weighted by molar-refractivity contribution is 0.123. The van der Waals surface area contributed by atoms with Gasteiger partial charge in [0.15, 0.2) is 0 Å². The highest BCUT2D eigenvalue weighted by Gasteiger charge is 2.07. The highest BCUT2D eigenvalue weighted by atomic mass is 16.5. The zero-order valence-corrected chi connectivity index (χ0v) is 10.9. The van der Waals surface area contributed by atoms with Crippen LogP contribution in [0.3, 0.4) is 0 Å². The fraction of sp³-hybridized carbons (Fsp3) is 0.571. The van der Waals surface area contributed by atoms with E-state index in [2.05, 4.69) is 11.4 Å². The minimum Gasteiger partial charge on any atom is -0.494 e. The Morgan fingerprint density at radius 3 is 2.76 bits per heavy atom. The first kappa shape index (κ1) is 14.0. The number of aliphatic hydroxyl groups excluding tert-OH is 1. The Morgan fingerprint density at radius 2 is 2.12 bits per heavy atom. The first-order chi connectivity index (χ1) is 8.13. The van der Waals surface area contributed by atoms with Gasteiger partial charge in [0, 0.05) is 13.1 Å². The fourth-order valence-corrected chi connectivity index (χ4v) is 1.51. The second-order valence-electron chi connectivity index (χ2n) is 4.52. The zero-order valence-electron chi connectivity index (χ0n) is 10.9. The summed E-state index contributed by atoms with van der Waals surface area (Å²) in [5.41, 5.74) is 1.17. The Bertz CT molecular complexity index is 326. The first-order valence-electron chi connectivity index (χ1n) is 6.24. The number of rotatable bonds is 7. The van der Waals surface area contributed by atoms with Crippen LogP contribution < -0.4 is 10.1 Å². The molecule has 0 aliphatic carbocycles. The maximum atomic E-state index is 9.66. The molecule has 0 amide bonds. The van der Waals surface area contributed by atoms with E-state index in [0.29, 0.717) is 13.2 Å². The molecule has 0 aromatic heterocycles. The molecule has 1 rings (SSSR count). The quantitative estimate of drug-likeness (QED) is 0.764. The normalized spacial score (nSPS) is 12.8. The van der Waals surface area contributed by atoms with Crippen molar-refractivity contribution in [2.24, 2.45) is 5.92 Å². The lowest BCUT2D eigenvalue weighted by atomic mass is 10.1. The molecule has 0 heterocycles. The van der Waals surface area contributed by atoms with E-state index < -0.39 is 0 Å². The Balaban J connectivity index is 2.38. The van der Waals surface area contributed by atoms with Crippen LogP contribution in [0.2, 0.25) is 0 Å². The second kappa shape index (κ2) is 7.30. The zero-order chi connectivity index (χ0) is 12.7. The predicted molar refractivity (Wildman–Crippen MR) is 70.2 cm³/mol. The average molecular weight is 237 g/mol. The van der Waals surface area contributed by atoms with Crippen molar-refractivity contribution in [3.63, 3.8) is 0 Å². The van der Waals surface area contributed by atoms with Crippen LogP contribution in [0.25, 0.3) is 0 Å². The van der Waals surface area contributed by atoms with Crippen LogP contribution >= 0.6 is 0 Å². The van der Waals surface area contributed by atoms with Crippen LogP contribution in [-0.2, 0) is 6.54 Å². The summed E-state index contributed by atoms with van der Waals surface area (Å²) >= 11 is 0. The van der Waals surface area contributed by atoms with Crippen LogP contribution in [0.4, 0.5) is 0 Å². The van der Waals surface area contributed by atoms with Gasteiger partial charge in [0.25, 0.3) is 0 Å². The molecule has 0 aliphatic rings. The predicted octanol–water partition coefficient (Wildman–Crippen LogP) is 2.19. The van der Waals surface area contributed by atoms with E-state index in [0.717, 1.165) is 12.3 Å². The molecule has 0 saturated carbocycles. The maximum Gasteiger partial charge on any atom is 0.119 e. The van der Waals surface area contributed by atoms with E-state index in [1.165, 1.54) is 5.56 Å². The summed E-state index contributed by atoms with van der Waals surface area (Å²) in [6.45, 7) is 8.07. The molecule has 96 valence electrons. The molecule has 3 nitrogen and oxygen atoms in total. The number of benzene rings is 1. The summed E-state index contributed by atoms with van der Waals surface area (Å²) in [5.74, 6) is 1.19. The summed E-state index contributed by atoms with van der Waals surface area (Å²) in [4.78, 5) is 0. The lowest BCUT2D eigenvalue weighted by Crippen LogP contribution is -2.30. The third kappa shape index (κ3) is 5.20. The van der Waals surface area contributed by atoms with E-state index in [9.17, 15) is 5.11 Å². The largest absolute Gasteiger partial charge is 0.494 e. The molecule has 0 aliphatic heterocycles. The Labute approximate surface area is 104 Å². The molecular weight excluding hydrogens is 214 g/mol. The van der Waals surface area contributed by atoms with Crippen LogP contribution in [0.5, 0.6) is 5.75 Å². The molecule has 0 radical (unpaired) electrons. The van der Waals surface area contributed by atoms with Crippen molar-refractivity contribution >= 4 is 0 Å². The molecule has 17 heavy (non-hydrogen) atoms. The number of aliphatic hydroxyl groups is 1. The number of ether oxygens (including phenoxy) is 1. The second-order valence-corrected chi connectivity index (χ2v) is 4.52. The maximum absolute atomic E-state index is 9.66. The number of hydrogen-bond acceptors (Lipinski definition) is 3. The molecular formula is C14H23NO2. The van der Waals surface area contributed by atoms with E-state index in [-0.39, 0.29) is 12.0 Å². The van der Waals surface area contributed by atoms with Gasteiger partial charge in [-0.05, 0) is 30.5 Å². The molecule has 1 atom stereocenters. The molecule has 3 heteroatoms. The molecule has 1 unspecified atom stereocenters. The third-order valence-electron chi connectivity index (χ3n) is 2.66. The van der Waals surface area contributed by atoms with Crippen LogP contribution in [0.15, 0.2) is 24.3 Å². The van der Waals surface area contributed by atoms with Gasteiger partial charge in [-0.1, -0.05) is 26.0 Å². The van der Waals surface area contributed by atoms with Crippen LogP contribution in [-0.4, -0.2) is 24.4 Å². The van der Waals surface area contributed by atoms with Gasteiger partial charge in [0.05, 0.1) is 12.7 Å². The van der Waals surface area contributed by atoms with Gasteiger partial charge in [0.2, 0.25) is 0 Å². The lowest BCUT2D eigenvalue weighted by Gasteiger charge is -2.15. The minimum absolute atomic E-state index is 0.287. The molecule has 0 fully saturated rings. The monoisotopic (exact) mass is 237 g/mol. The van der Waals surface area contributed by atoms with Gasteiger partial charge in [-0.15, -0.1) is 0 Å². The van der Waals surface area contributed by atoms with E-state index in [1.807, 2.05) is 39.0 Å². The Hall–Kier alpha value is -1.06. The van der Waals surface area contributed by atoms with Crippen molar-refractivity contribution in [1.82, 2.24) is 5.32 Å². The minimum atomic E-state index is -0.287. The van der Waals surface area contributed by atoms with Gasteiger partial charge < -0.3 is 15.2 Å². The molecule has 0 saturated heterocycles. The fourth-order valence-electron chi connectivity index (χ4n) is 1.51. The van der Waals surface area contributed by atoms with Gasteiger partial charge in [-0.3, -0.25) is 0 Å². The molecule has 1 aromatic carbocycles. The summed E-state index contributed by atoms with van der Waals surface area (Å²) in [5, 5.41) is 12.9. The van der Waals surface area contributed by atoms with Gasteiger partial charge in [-0.2, -0.15) is 0 Å². The van der Waals surface area contributed by atoms with Crippen LogP contribution in [0, 0.1) is 5.92 Å². The highest BCUT2D eigenvalue weighted by molar-refractivity contribution is 5.28. The van der Waals surface area contributed by atoms with Crippen molar-refractivity contribution in [1.29, 1.82) is 0 Å². The Kier molecular flexibility index (Phi) is 6.01. The van der Waals surface area contributed by atoms with E-state index in [4.69, 9.17) is 4.74 Å². The average Bonchev–Trinajstić information content (AvgIpc) is 2.29. The van der Waals surface area contributed by atoms with Crippen molar-refractivity contribution < 1.29 is 9.84 Å². The van der Waals surface area contributed by atoms with Crippen LogP contribution in [0.1, 0.15) is 26.3 Å².